The van der Waals surface area contributed by atoms with Crippen LogP contribution in [0, 0.1) is 0 Å². The summed E-state index contributed by atoms with van der Waals surface area (Å²) in [6.07, 6.45) is 2.99. The van der Waals surface area contributed by atoms with E-state index in [4.69, 9.17) is 0 Å². The maximum Gasteiger partial charge on any atom is 0.143 e. The summed E-state index contributed by atoms with van der Waals surface area (Å²) in [5.41, 5.74) is 5.03. The highest BCUT2D eigenvalue weighted by Crippen LogP contribution is 2.29. The topological polar surface area (TPSA) is 82.7 Å². The van der Waals surface area contributed by atoms with Crippen molar-refractivity contribution in [1.82, 2.24) is 15.0 Å². The summed E-state index contributed by atoms with van der Waals surface area (Å²) >= 11 is 0. The Kier molecular flexibility index (Phi) is 5.52. The van der Waals surface area contributed by atoms with Crippen molar-refractivity contribution < 1.29 is 4.79 Å². The van der Waals surface area contributed by atoms with Crippen molar-refractivity contribution in [3.8, 4) is 11.3 Å². The molecule has 0 aliphatic rings. The third-order valence-electron chi connectivity index (χ3n) is 4.87. The summed E-state index contributed by atoms with van der Waals surface area (Å²) < 4.78 is 0. The molecular weight excluding hydrogens is 362 g/mol. The summed E-state index contributed by atoms with van der Waals surface area (Å²) in [6.45, 7) is 2.76. The lowest BCUT2D eigenvalue weighted by atomic mass is 10.1. The number of hydrogen-bond donors (Lipinski definition) is 3. The predicted molar refractivity (Wildman–Crippen MR) is 117 cm³/mol. The molecule has 2 aromatic heterocycles. The second-order valence-electron chi connectivity index (χ2n) is 6.90. The Bertz CT molecular complexity index is 1090. The number of hydrogen-bond acceptors (Lipinski definition) is 5. The van der Waals surface area contributed by atoms with Crippen LogP contribution >= 0.6 is 0 Å². The van der Waals surface area contributed by atoms with Crippen LogP contribution in [0.15, 0.2) is 67.0 Å². The number of anilines is 2. The zero-order chi connectivity index (χ0) is 20.1. The summed E-state index contributed by atoms with van der Waals surface area (Å²) in [5.74, 6) is 0.806. The second kappa shape index (κ2) is 8.56. The SMILES string of the molecule is C[C@@H](Nc1ncnc2[nH]c(-c3ccc(NCCC=O)cc3)cc12)c1ccccc1. The van der Waals surface area contributed by atoms with Gasteiger partial charge in [-0.15, -0.1) is 0 Å². The molecular formula is C23H23N5O. The van der Waals surface area contributed by atoms with Crippen molar-refractivity contribution in [3.05, 3.63) is 72.6 Å². The van der Waals surface area contributed by atoms with E-state index in [1.54, 1.807) is 6.33 Å². The summed E-state index contributed by atoms with van der Waals surface area (Å²) in [7, 11) is 0. The molecule has 6 nitrogen and oxygen atoms in total. The van der Waals surface area contributed by atoms with Gasteiger partial charge in [0.1, 0.15) is 24.1 Å². The summed E-state index contributed by atoms with van der Waals surface area (Å²) in [5, 5.41) is 7.67. The van der Waals surface area contributed by atoms with Crippen molar-refractivity contribution in [1.29, 1.82) is 0 Å². The number of carbonyl (C=O) groups excluding carboxylic acids is 1. The minimum atomic E-state index is 0.129. The van der Waals surface area contributed by atoms with Crippen LogP contribution in [0.25, 0.3) is 22.3 Å². The van der Waals surface area contributed by atoms with Gasteiger partial charge in [0.2, 0.25) is 0 Å². The molecule has 4 aromatic rings. The fraction of sp³-hybridized carbons (Fsp3) is 0.174. The monoisotopic (exact) mass is 385 g/mol. The zero-order valence-electron chi connectivity index (χ0n) is 16.2. The molecule has 0 aliphatic heterocycles. The van der Waals surface area contributed by atoms with E-state index in [1.165, 1.54) is 5.56 Å². The van der Waals surface area contributed by atoms with Crippen molar-refractivity contribution in [2.75, 3.05) is 17.2 Å². The van der Waals surface area contributed by atoms with Gasteiger partial charge in [0.25, 0.3) is 0 Å². The molecule has 2 heterocycles. The maximum absolute atomic E-state index is 10.4. The largest absolute Gasteiger partial charge is 0.385 e. The Labute approximate surface area is 169 Å². The third kappa shape index (κ3) is 4.27. The zero-order valence-corrected chi connectivity index (χ0v) is 16.2. The molecule has 2 aromatic carbocycles. The van der Waals surface area contributed by atoms with Gasteiger partial charge >= 0.3 is 0 Å². The average Bonchev–Trinajstić information content (AvgIpc) is 3.20. The number of rotatable bonds is 8. The number of benzene rings is 2. The second-order valence-corrected chi connectivity index (χ2v) is 6.90. The Morgan fingerprint density at radius 2 is 1.86 bits per heavy atom. The van der Waals surface area contributed by atoms with Gasteiger partial charge in [-0.25, -0.2) is 9.97 Å². The van der Waals surface area contributed by atoms with Crippen molar-refractivity contribution in [3.63, 3.8) is 0 Å². The van der Waals surface area contributed by atoms with Crippen LogP contribution in [-0.4, -0.2) is 27.8 Å². The first kappa shape index (κ1) is 18.7. The standard InChI is InChI=1S/C23H23N5O/c1-16(17-6-3-2-4-7-17)27-22-20-14-21(28-23(20)26-15-25-22)18-8-10-19(11-9-18)24-12-5-13-29/h2-4,6-11,13-16,24H,5,12H2,1H3,(H2,25,26,27,28)/t16-/m1/s1. The smallest absolute Gasteiger partial charge is 0.143 e. The molecule has 3 N–H and O–H groups in total. The van der Waals surface area contributed by atoms with E-state index in [0.717, 1.165) is 40.1 Å². The first-order valence-corrected chi connectivity index (χ1v) is 9.68. The Balaban J connectivity index is 1.56. The first-order chi connectivity index (χ1) is 14.2. The molecule has 0 aliphatic carbocycles. The van der Waals surface area contributed by atoms with Crippen LogP contribution in [0.2, 0.25) is 0 Å². The van der Waals surface area contributed by atoms with E-state index in [-0.39, 0.29) is 6.04 Å². The number of nitrogens with one attached hydrogen (secondary N) is 3. The van der Waals surface area contributed by atoms with E-state index < -0.39 is 0 Å². The average molecular weight is 385 g/mol. The molecule has 0 fully saturated rings. The molecule has 0 radical (unpaired) electrons. The lowest BCUT2D eigenvalue weighted by molar-refractivity contribution is -0.107. The lowest BCUT2D eigenvalue weighted by Crippen LogP contribution is -2.08. The van der Waals surface area contributed by atoms with E-state index in [0.29, 0.717) is 13.0 Å². The molecule has 4 rings (SSSR count). The van der Waals surface area contributed by atoms with Gasteiger partial charge in [-0.1, -0.05) is 42.5 Å². The van der Waals surface area contributed by atoms with E-state index in [1.807, 2.05) is 42.5 Å². The minimum Gasteiger partial charge on any atom is -0.385 e. The van der Waals surface area contributed by atoms with Crippen LogP contribution < -0.4 is 10.6 Å². The molecule has 6 heteroatoms. The molecule has 0 saturated carbocycles. The number of fused-ring (bicyclic) bond motifs is 1. The summed E-state index contributed by atoms with van der Waals surface area (Å²) in [6, 6.07) is 20.6. The van der Waals surface area contributed by atoms with Crippen LogP contribution in [0.5, 0.6) is 0 Å². The molecule has 0 saturated heterocycles. The number of carbonyl (C=O) groups is 1. The van der Waals surface area contributed by atoms with Gasteiger partial charge in [0.15, 0.2) is 0 Å². The molecule has 29 heavy (non-hydrogen) atoms. The van der Waals surface area contributed by atoms with Gasteiger partial charge in [0.05, 0.1) is 5.39 Å². The van der Waals surface area contributed by atoms with Crippen LogP contribution in [0.3, 0.4) is 0 Å². The molecule has 0 amide bonds. The van der Waals surface area contributed by atoms with Crippen LogP contribution in [0.1, 0.15) is 24.9 Å². The Hall–Kier alpha value is -3.67. The molecule has 0 unspecified atom stereocenters. The van der Waals surface area contributed by atoms with Gasteiger partial charge in [-0.3, -0.25) is 0 Å². The summed E-state index contributed by atoms with van der Waals surface area (Å²) in [4.78, 5) is 22.7. The Morgan fingerprint density at radius 1 is 1.07 bits per heavy atom. The van der Waals surface area contributed by atoms with Gasteiger partial charge in [-0.05, 0) is 36.2 Å². The highest BCUT2D eigenvalue weighted by Gasteiger charge is 2.12. The quantitative estimate of drug-likeness (QED) is 0.300. The van der Waals surface area contributed by atoms with Gasteiger partial charge < -0.3 is 20.4 Å². The number of aromatic nitrogens is 3. The number of H-pyrrole nitrogens is 1. The van der Waals surface area contributed by atoms with Crippen LogP contribution in [0.4, 0.5) is 11.5 Å². The van der Waals surface area contributed by atoms with Crippen molar-refractivity contribution in [2.45, 2.75) is 19.4 Å². The third-order valence-corrected chi connectivity index (χ3v) is 4.87. The minimum absolute atomic E-state index is 0.129. The molecule has 146 valence electrons. The highest BCUT2D eigenvalue weighted by molar-refractivity contribution is 5.91. The number of aldehydes is 1. The van der Waals surface area contributed by atoms with Crippen LogP contribution in [-0.2, 0) is 4.79 Å². The van der Waals surface area contributed by atoms with Gasteiger partial charge in [0, 0.05) is 30.4 Å². The highest BCUT2D eigenvalue weighted by atomic mass is 16.1. The lowest BCUT2D eigenvalue weighted by Gasteiger charge is -2.15. The fourth-order valence-electron chi connectivity index (χ4n) is 3.28. The molecule has 0 spiro atoms. The normalized spacial score (nSPS) is 11.9. The van der Waals surface area contributed by atoms with E-state index >= 15 is 0 Å². The maximum atomic E-state index is 10.4. The van der Waals surface area contributed by atoms with Crippen molar-refractivity contribution in [2.24, 2.45) is 0 Å². The number of aromatic amines is 1. The molecule has 1 atom stereocenters. The number of nitrogens with zero attached hydrogens (tertiary/aromatic N) is 2. The molecule has 0 bridgehead atoms. The van der Waals surface area contributed by atoms with E-state index in [2.05, 4.69) is 50.7 Å². The van der Waals surface area contributed by atoms with E-state index in [9.17, 15) is 4.79 Å². The predicted octanol–water partition coefficient (Wildman–Crippen LogP) is 4.80. The van der Waals surface area contributed by atoms with Crippen molar-refractivity contribution >= 4 is 28.8 Å². The fourth-order valence-corrected chi connectivity index (χ4v) is 3.28. The first-order valence-electron chi connectivity index (χ1n) is 9.68. The Morgan fingerprint density at radius 3 is 2.62 bits per heavy atom. The van der Waals surface area contributed by atoms with Gasteiger partial charge in [-0.2, -0.15) is 0 Å².